The Kier molecular flexibility index (Phi) is 38.4. The van der Waals surface area contributed by atoms with Gasteiger partial charge >= 0.3 is 11.9 Å². The fraction of sp³-hybridized carbons (Fsp3) is 0.844. The first-order valence-electron chi connectivity index (χ1n) is 22.2. The van der Waals surface area contributed by atoms with Crippen molar-refractivity contribution in [3.8, 4) is 0 Å². The average Bonchev–Trinajstić information content (AvgIpc) is 3.13. The number of aliphatic carboxylic acids is 1. The maximum Gasteiger partial charge on any atom is 0.326 e. The lowest BCUT2D eigenvalue weighted by Gasteiger charge is -2.18. The average molecular weight is 733 g/mol. The van der Waals surface area contributed by atoms with Crippen LogP contribution in [0.15, 0.2) is 24.3 Å². The predicted molar refractivity (Wildman–Crippen MR) is 220 cm³/mol. The summed E-state index contributed by atoms with van der Waals surface area (Å²) in [6, 6.07) is -0.855. The Bertz CT molecular complexity index is 874. The number of nitrogens with one attached hydrogen (secondary N) is 1. The molecular weight excluding hydrogens is 649 g/mol. The Hall–Kier alpha value is -2.15. The number of hydrogen-bond acceptors (Lipinski definition) is 5. The van der Waals surface area contributed by atoms with Crippen LogP contribution in [0.25, 0.3) is 0 Å². The number of carboxylic acids is 1. The van der Waals surface area contributed by atoms with Crippen molar-refractivity contribution >= 4 is 17.8 Å². The minimum Gasteiger partial charge on any atom is -0.480 e. The highest BCUT2D eigenvalue weighted by Gasteiger charge is 2.19. The molecule has 0 radical (unpaired) electrons. The number of amides is 1. The van der Waals surface area contributed by atoms with Gasteiger partial charge in [-0.1, -0.05) is 154 Å². The Morgan fingerprint density at radius 1 is 0.558 bits per heavy atom. The van der Waals surface area contributed by atoms with Gasteiger partial charge in [-0.25, -0.2) is 4.79 Å². The standard InChI is InChI=1S/C45H84N2O5/c1-3-5-7-9-11-13-15-16-17-18-20-22-24-29-33-39-44(49)52-41(35-30-26-23-21-19-14-12-10-8-6-4-2)36-31-27-25-28-32-38-43(48)47-42(45(50)51)37-34-40-46/h11,13,16-17,41-42H,3-10,12,14-15,18-40,46H2,1-2H3,(H,47,48)(H,50,51)/b13-11-,17-16-. The number of rotatable bonds is 40. The summed E-state index contributed by atoms with van der Waals surface area (Å²) < 4.78 is 6.04. The van der Waals surface area contributed by atoms with Crippen LogP contribution in [-0.2, 0) is 19.1 Å². The van der Waals surface area contributed by atoms with Gasteiger partial charge in [0, 0.05) is 12.8 Å². The minimum absolute atomic E-state index is 0.0105. The van der Waals surface area contributed by atoms with Gasteiger partial charge in [-0.05, 0) is 90.0 Å². The van der Waals surface area contributed by atoms with E-state index in [9.17, 15) is 19.5 Å². The zero-order chi connectivity index (χ0) is 38.2. The summed E-state index contributed by atoms with van der Waals surface area (Å²) in [6.45, 7) is 4.92. The van der Waals surface area contributed by atoms with E-state index in [1.165, 1.54) is 109 Å². The molecule has 0 saturated heterocycles. The third kappa shape index (κ3) is 36.2. The quantitative estimate of drug-likeness (QED) is 0.0328. The van der Waals surface area contributed by atoms with Crippen molar-refractivity contribution in [3.05, 3.63) is 24.3 Å². The molecule has 0 aliphatic rings. The van der Waals surface area contributed by atoms with E-state index in [1.807, 2.05) is 0 Å². The molecule has 7 heteroatoms. The van der Waals surface area contributed by atoms with Gasteiger partial charge in [0.25, 0.3) is 0 Å². The number of nitrogens with two attached hydrogens (primary N) is 1. The summed E-state index contributed by atoms with van der Waals surface area (Å²) in [4.78, 5) is 36.4. The molecule has 0 aliphatic carbocycles. The summed E-state index contributed by atoms with van der Waals surface area (Å²) in [5.41, 5.74) is 5.48. The first-order chi connectivity index (χ1) is 25.4. The smallest absolute Gasteiger partial charge is 0.326 e. The third-order valence-corrected chi connectivity index (χ3v) is 10.0. The number of unbranched alkanes of at least 4 members (excludes halogenated alkanes) is 22. The minimum atomic E-state index is -1.00. The second kappa shape index (κ2) is 40.0. The van der Waals surface area contributed by atoms with Gasteiger partial charge in [0.1, 0.15) is 12.1 Å². The largest absolute Gasteiger partial charge is 0.480 e. The van der Waals surface area contributed by atoms with Crippen molar-refractivity contribution in [2.24, 2.45) is 5.73 Å². The van der Waals surface area contributed by atoms with Gasteiger partial charge < -0.3 is 20.9 Å². The second-order valence-corrected chi connectivity index (χ2v) is 15.1. The molecular formula is C45H84N2O5. The van der Waals surface area contributed by atoms with Crippen molar-refractivity contribution in [1.82, 2.24) is 5.32 Å². The molecule has 0 saturated carbocycles. The Morgan fingerprint density at radius 2 is 1.00 bits per heavy atom. The zero-order valence-electron chi connectivity index (χ0n) is 34.2. The van der Waals surface area contributed by atoms with Crippen LogP contribution in [0.1, 0.15) is 226 Å². The molecule has 0 aromatic carbocycles. The van der Waals surface area contributed by atoms with Crippen LogP contribution in [0, 0.1) is 0 Å². The van der Waals surface area contributed by atoms with Crippen molar-refractivity contribution in [2.75, 3.05) is 6.54 Å². The molecule has 52 heavy (non-hydrogen) atoms. The van der Waals surface area contributed by atoms with Crippen molar-refractivity contribution in [2.45, 2.75) is 238 Å². The van der Waals surface area contributed by atoms with E-state index in [0.29, 0.717) is 32.2 Å². The fourth-order valence-electron chi connectivity index (χ4n) is 6.66. The monoisotopic (exact) mass is 733 g/mol. The van der Waals surface area contributed by atoms with E-state index >= 15 is 0 Å². The molecule has 304 valence electrons. The lowest BCUT2D eigenvalue weighted by molar-refractivity contribution is -0.150. The van der Waals surface area contributed by atoms with Crippen LogP contribution in [0.3, 0.4) is 0 Å². The van der Waals surface area contributed by atoms with Crippen LogP contribution >= 0.6 is 0 Å². The van der Waals surface area contributed by atoms with E-state index in [2.05, 4.69) is 43.5 Å². The molecule has 0 aromatic heterocycles. The summed E-state index contributed by atoms with van der Waals surface area (Å²) in [7, 11) is 0. The van der Waals surface area contributed by atoms with Gasteiger partial charge in [0.05, 0.1) is 0 Å². The van der Waals surface area contributed by atoms with E-state index in [0.717, 1.165) is 77.0 Å². The lowest BCUT2D eigenvalue weighted by atomic mass is 10.0. The van der Waals surface area contributed by atoms with Crippen molar-refractivity contribution in [3.63, 3.8) is 0 Å². The van der Waals surface area contributed by atoms with E-state index < -0.39 is 12.0 Å². The van der Waals surface area contributed by atoms with Crippen LogP contribution < -0.4 is 11.1 Å². The molecule has 0 aromatic rings. The molecule has 4 N–H and O–H groups in total. The van der Waals surface area contributed by atoms with Gasteiger partial charge in [-0.3, -0.25) is 9.59 Å². The van der Waals surface area contributed by atoms with Crippen LogP contribution in [-0.4, -0.2) is 41.6 Å². The number of allylic oxidation sites excluding steroid dienone is 4. The van der Waals surface area contributed by atoms with E-state index in [4.69, 9.17) is 10.5 Å². The van der Waals surface area contributed by atoms with E-state index in [-0.39, 0.29) is 18.0 Å². The number of hydrogen-bond donors (Lipinski definition) is 3. The maximum atomic E-state index is 12.8. The topological polar surface area (TPSA) is 119 Å². The molecule has 0 heterocycles. The van der Waals surface area contributed by atoms with Crippen LogP contribution in [0.2, 0.25) is 0 Å². The molecule has 2 atom stereocenters. The van der Waals surface area contributed by atoms with Gasteiger partial charge in [0.2, 0.25) is 5.91 Å². The van der Waals surface area contributed by atoms with Crippen LogP contribution in [0.5, 0.6) is 0 Å². The highest BCUT2D eigenvalue weighted by atomic mass is 16.5. The Balaban J connectivity index is 4.31. The van der Waals surface area contributed by atoms with E-state index in [1.54, 1.807) is 0 Å². The highest BCUT2D eigenvalue weighted by molar-refractivity contribution is 5.83. The molecule has 0 aliphatic heterocycles. The molecule has 0 rings (SSSR count). The van der Waals surface area contributed by atoms with Gasteiger partial charge in [-0.2, -0.15) is 0 Å². The van der Waals surface area contributed by atoms with Crippen molar-refractivity contribution < 1.29 is 24.2 Å². The molecule has 0 fully saturated rings. The van der Waals surface area contributed by atoms with Crippen LogP contribution in [0.4, 0.5) is 0 Å². The first-order valence-corrected chi connectivity index (χ1v) is 22.2. The molecule has 2 unspecified atom stereocenters. The summed E-state index contributed by atoms with van der Waals surface area (Å²) >= 11 is 0. The number of carboxylic acid groups (broad SMARTS) is 1. The van der Waals surface area contributed by atoms with Gasteiger partial charge in [0.15, 0.2) is 0 Å². The number of ether oxygens (including phenoxy) is 1. The Morgan fingerprint density at radius 3 is 1.52 bits per heavy atom. The summed E-state index contributed by atoms with van der Waals surface area (Å²) in [5, 5.41) is 11.9. The third-order valence-electron chi connectivity index (χ3n) is 10.0. The molecule has 7 nitrogen and oxygen atoms in total. The first kappa shape index (κ1) is 49.9. The Labute approximate surface area is 321 Å². The maximum absolute atomic E-state index is 12.8. The van der Waals surface area contributed by atoms with Gasteiger partial charge in [-0.15, -0.1) is 0 Å². The number of esters is 1. The zero-order valence-corrected chi connectivity index (χ0v) is 34.2. The second-order valence-electron chi connectivity index (χ2n) is 15.1. The normalized spacial score (nSPS) is 12.8. The summed E-state index contributed by atoms with van der Waals surface area (Å²) in [6.07, 6.45) is 45.0. The van der Waals surface area contributed by atoms with Crippen molar-refractivity contribution in [1.29, 1.82) is 0 Å². The SMILES string of the molecule is CCCCC/C=C\C/C=C\CCCCCCCC(=O)OC(CCCCCCCCCCCCC)CCCCCCCC(=O)NC(CCCN)C(=O)O. The number of carbonyl (C=O) groups excluding carboxylic acids is 2. The summed E-state index contributed by atoms with van der Waals surface area (Å²) in [5.74, 6) is -1.24. The lowest BCUT2D eigenvalue weighted by Crippen LogP contribution is -2.40. The molecule has 0 bridgehead atoms. The highest BCUT2D eigenvalue weighted by Crippen LogP contribution is 2.19. The predicted octanol–water partition coefficient (Wildman–Crippen LogP) is 12.5. The molecule has 1 amide bonds. The molecule has 0 spiro atoms. The number of carbonyl (C=O) groups is 3. The fourth-order valence-corrected chi connectivity index (χ4v) is 6.66.